The summed E-state index contributed by atoms with van der Waals surface area (Å²) in [5.74, 6) is -9.93. The molecule has 4 aromatic rings. The van der Waals surface area contributed by atoms with Gasteiger partial charge in [0.25, 0.3) is 0 Å². The van der Waals surface area contributed by atoms with Crippen molar-refractivity contribution >= 4 is 99.5 Å². The quantitative estimate of drug-likeness (QED) is 0.0241. The van der Waals surface area contributed by atoms with Crippen molar-refractivity contribution in [2.75, 3.05) is 25.1 Å². The SMILES string of the molecule is CSCC[C@H](NC(=O)[C@H](Cc1ccccc1)NC(=O)[C@H](Cc1cnc[nH]1)NC(=O)CNC(=O)[C@@H](NC(=O)[C@H](C)NC(=O)[C@H](Cc1c[nH]c2ccccc12)NC(=O)[C@H](CCC(N)=O)NC(=O)[C@@H]1CCCN1C(=O)[C@H](NC(=O)[C@H]1CCC(=O)N1)C(C)C)C(C)C)C(N)=O. The van der Waals surface area contributed by atoms with Gasteiger partial charge in [0, 0.05) is 67.6 Å². The Morgan fingerprint density at radius 1 is 0.648 bits per heavy atom. The maximum atomic E-state index is 14.5. The predicted octanol–water partition coefficient (Wildman–Crippen LogP) is -1.98. The Labute approximate surface area is 530 Å². The highest BCUT2D eigenvalue weighted by molar-refractivity contribution is 7.98. The molecule has 0 saturated carbocycles. The standard InChI is InChI=1S/C61H84N16O13S/c1-32(2)50(60(89)66-30-49(80)70-45(27-37-29-64-31-67-37)58(87)73-43(25-35-13-8-7-9-14-35)57(86)71-40(52(63)81)22-24-91-6)75-53(82)34(5)68-56(85)44(26-36-28-65-39-16-11-10-15-38(36)39)74-54(83)42(18-20-47(62)78)72-59(88)46-17-12-23-77(46)61(90)51(33(3)4)76-55(84)41-19-21-48(79)69-41/h7-11,13-16,28-29,31-34,40-46,50-51,65H,12,17-27,30H2,1-6H3,(H2,62,78)(H2,63,81)(H,64,67)(H,66,89)(H,68,85)(H,69,79)(H,70,80)(H,71,86)(H,72,88)(H,73,87)(H,74,83)(H,75,82)(H,76,84)/t34-,40-,41+,42-,43-,44-,45-,46-,50-,51+/m0/s1. The Morgan fingerprint density at radius 2 is 1.29 bits per heavy atom. The number of aromatic amines is 2. The molecule has 492 valence electrons. The van der Waals surface area contributed by atoms with Crippen molar-refractivity contribution in [2.24, 2.45) is 23.3 Å². The smallest absolute Gasteiger partial charge is 0.246 e. The van der Waals surface area contributed by atoms with Gasteiger partial charge in [-0.25, -0.2) is 4.98 Å². The average Bonchev–Trinajstić information content (AvgIpc) is 4.03. The van der Waals surface area contributed by atoms with E-state index in [0.717, 1.165) is 0 Å². The fraction of sp³-hybridized carbons (Fsp3) is 0.508. The van der Waals surface area contributed by atoms with Crippen LogP contribution in [0.1, 0.15) is 96.4 Å². The molecule has 91 heavy (non-hydrogen) atoms. The predicted molar refractivity (Wildman–Crippen MR) is 335 cm³/mol. The number of imidazole rings is 1. The lowest BCUT2D eigenvalue weighted by atomic mass is 10.0. The molecule has 2 fully saturated rings. The monoisotopic (exact) mass is 1280 g/mol. The lowest BCUT2D eigenvalue weighted by Gasteiger charge is -2.32. The van der Waals surface area contributed by atoms with Crippen molar-refractivity contribution in [3.8, 4) is 0 Å². The molecule has 16 N–H and O–H groups in total. The number of aromatic nitrogens is 3. The van der Waals surface area contributed by atoms with Crippen LogP contribution in [0.2, 0.25) is 0 Å². The molecule has 0 aliphatic carbocycles. The highest BCUT2D eigenvalue weighted by atomic mass is 32.2. The number of hydrogen-bond acceptors (Lipinski definition) is 15. The van der Waals surface area contributed by atoms with Gasteiger partial charge in [0.15, 0.2) is 0 Å². The first-order valence-electron chi connectivity index (χ1n) is 30.3. The van der Waals surface area contributed by atoms with Crippen LogP contribution < -0.4 is 64.6 Å². The molecule has 0 bridgehead atoms. The number of carbonyl (C=O) groups is 13. The summed E-state index contributed by atoms with van der Waals surface area (Å²) in [6, 6.07) is 3.79. The Morgan fingerprint density at radius 3 is 1.91 bits per heavy atom. The fourth-order valence-electron chi connectivity index (χ4n) is 10.6. The zero-order chi connectivity index (χ0) is 66.5. The molecule has 4 heterocycles. The van der Waals surface area contributed by atoms with Crippen molar-refractivity contribution in [1.82, 2.24) is 73.0 Å². The Balaban J connectivity index is 1.12. The summed E-state index contributed by atoms with van der Waals surface area (Å²) in [4.78, 5) is 187. The van der Waals surface area contributed by atoms with Gasteiger partial charge in [-0.15, -0.1) is 0 Å². The van der Waals surface area contributed by atoms with E-state index in [2.05, 4.69) is 68.1 Å². The van der Waals surface area contributed by atoms with E-state index in [1.54, 1.807) is 88.5 Å². The minimum absolute atomic E-state index is 0.00439. The largest absolute Gasteiger partial charge is 0.370 e. The maximum Gasteiger partial charge on any atom is 0.246 e. The highest BCUT2D eigenvalue weighted by Gasteiger charge is 2.42. The first-order valence-corrected chi connectivity index (χ1v) is 31.6. The topological polar surface area (TPSA) is 442 Å². The second-order valence-electron chi connectivity index (χ2n) is 23.3. The minimum atomic E-state index is -1.48. The molecule has 2 aromatic carbocycles. The van der Waals surface area contributed by atoms with Crippen LogP contribution in [-0.2, 0) is 81.6 Å². The van der Waals surface area contributed by atoms with Gasteiger partial charge in [0.2, 0.25) is 76.8 Å². The average molecular weight is 1280 g/mol. The van der Waals surface area contributed by atoms with E-state index in [9.17, 15) is 62.3 Å². The van der Waals surface area contributed by atoms with Crippen LogP contribution in [0.4, 0.5) is 0 Å². The van der Waals surface area contributed by atoms with E-state index in [4.69, 9.17) is 11.5 Å². The van der Waals surface area contributed by atoms with Crippen LogP contribution in [-0.4, -0.2) is 182 Å². The van der Waals surface area contributed by atoms with Crippen LogP contribution in [0.15, 0.2) is 73.3 Å². The Hall–Kier alpha value is -9.35. The molecule has 6 rings (SSSR count). The number of nitrogens with zero attached hydrogens (tertiary/aromatic N) is 2. The zero-order valence-corrected chi connectivity index (χ0v) is 52.6. The summed E-state index contributed by atoms with van der Waals surface area (Å²) in [6.07, 6.45) is 6.55. The minimum Gasteiger partial charge on any atom is -0.370 e. The first-order chi connectivity index (χ1) is 43.3. The second kappa shape index (κ2) is 34.0. The van der Waals surface area contributed by atoms with Crippen molar-refractivity contribution in [1.29, 1.82) is 0 Å². The summed E-state index contributed by atoms with van der Waals surface area (Å²) in [5.41, 5.74) is 13.5. The van der Waals surface area contributed by atoms with E-state index in [-0.39, 0.29) is 70.2 Å². The number of para-hydroxylation sites is 1. The van der Waals surface area contributed by atoms with Crippen molar-refractivity contribution in [3.63, 3.8) is 0 Å². The van der Waals surface area contributed by atoms with Crippen molar-refractivity contribution in [2.45, 2.75) is 159 Å². The summed E-state index contributed by atoms with van der Waals surface area (Å²) >= 11 is 1.45. The first kappa shape index (κ1) is 70.7. The molecule has 10 atom stereocenters. The lowest BCUT2D eigenvalue weighted by Crippen LogP contribution is -2.60. The third-order valence-electron chi connectivity index (χ3n) is 15.7. The summed E-state index contributed by atoms with van der Waals surface area (Å²) in [6.45, 7) is 7.49. The van der Waals surface area contributed by atoms with Gasteiger partial charge in [0.05, 0.1) is 12.9 Å². The molecule has 0 unspecified atom stereocenters. The summed E-state index contributed by atoms with van der Waals surface area (Å²) in [5, 5.41) is 27.1. The number of likely N-dealkylation sites (tertiary alicyclic amines) is 1. The molecular formula is C61H84N16O13S. The summed E-state index contributed by atoms with van der Waals surface area (Å²) in [7, 11) is 0. The second-order valence-corrected chi connectivity index (χ2v) is 24.3. The molecule has 13 amide bonds. The highest BCUT2D eigenvalue weighted by Crippen LogP contribution is 2.23. The molecule has 29 nitrogen and oxygen atoms in total. The number of nitrogens with two attached hydrogens (primary N) is 2. The van der Waals surface area contributed by atoms with Gasteiger partial charge in [-0.1, -0.05) is 76.2 Å². The number of hydrogen-bond donors (Lipinski definition) is 14. The van der Waals surface area contributed by atoms with Crippen LogP contribution in [0.3, 0.4) is 0 Å². The number of carbonyl (C=O) groups excluding carboxylic acids is 13. The molecule has 2 aromatic heterocycles. The van der Waals surface area contributed by atoms with Crippen LogP contribution >= 0.6 is 11.8 Å². The molecule has 30 heteroatoms. The van der Waals surface area contributed by atoms with Gasteiger partial charge in [-0.3, -0.25) is 62.3 Å². The van der Waals surface area contributed by atoms with Crippen LogP contribution in [0, 0.1) is 11.8 Å². The van der Waals surface area contributed by atoms with E-state index in [0.29, 0.717) is 39.9 Å². The number of amides is 13. The number of rotatable bonds is 34. The van der Waals surface area contributed by atoms with E-state index < -0.39 is 150 Å². The number of fused-ring (bicyclic) bond motifs is 1. The van der Waals surface area contributed by atoms with Crippen LogP contribution in [0.25, 0.3) is 10.9 Å². The normalized spacial score (nSPS) is 17.2. The summed E-state index contributed by atoms with van der Waals surface area (Å²) < 4.78 is 0. The van der Waals surface area contributed by atoms with Crippen molar-refractivity contribution in [3.05, 3.63) is 90.1 Å². The van der Waals surface area contributed by atoms with E-state index in [1.807, 2.05) is 6.26 Å². The van der Waals surface area contributed by atoms with Gasteiger partial charge < -0.3 is 79.5 Å². The third-order valence-corrected chi connectivity index (χ3v) is 16.3. The van der Waals surface area contributed by atoms with E-state index in [1.165, 1.54) is 36.1 Å². The molecule has 2 aliphatic heterocycles. The number of primary amides is 2. The van der Waals surface area contributed by atoms with E-state index >= 15 is 0 Å². The zero-order valence-electron chi connectivity index (χ0n) is 51.8. The van der Waals surface area contributed by atoms with Gasteiger partial charge in [-0.05, 0) is 80.1 Å². The number of thioether (sulfide) groups is 1. The molecule has 0 spiro atoms. The maximum absolute atomic E-state index is 14.5. The number of benzene rings is 2. The fourth-order valence-corrected chi connectivity index (χ4v) is 11.0. The molecular weight excluding hydrogens is 1200 g/mol. The van der Waals surface area contributed by atoms with Crippen LogP contribution in [0.5, 0.6) is 0 Å². The lowest BCUT2D eigenvalue weighted by molar-refractivity contribution is -0.143. The van der Waals surface area contributed by atoms with Crippen molar-refractivity contribution < 1.29 is 62.3 Å². The Kier molecular flexibility index (Phi) is 26.4. The third kappa shape index (κ3) is 20.9. The Bertz CT molecular complexity index is 3250. The number of H-pyrrole nitrogens is 2. The van der Waals surface area contributed by atoms with Gasteiger partial charge in [-0.2, -0.15) is 11.8 Å². The molecule has 2 saturated heterocycles. The molecule has 0 radical (unpaired) electrons. The molecule has 2 aliphatic rings. The van der Waals surface area contributed by atoms with Gasteiger partial charge >= 0.3 is 0 Å². The number of nitrogens with one attached hydrogen (secondary N) is 12. The van der Waals surface area contributed by atoms with Gasteiger partial charge in [0.1, 0.15) is 60.4 Å².